The summed E-state index contributed by atoms with van der Waals surface area (Å²) in [5.74, 6) is 1.71. The Balaban J connectivity index is 2.01. The number of benzene rings is 1. The minimum atomic E-state index is 0.602. The minimum Gasteiger partial charge on any atom is -0.497 e. The second-order valence-corrected chi connectivity index (χ2v) is 5.08. The van der Waals surface area contributed by atoms with E-state index in [-0.39, 0.29) is 0 Å². The van der Waals surface area contributed by atoms with Crippen LogP contribution < -0.4 is 14.8 Å². The first-order valence-corrected chi connectivity index (χ1v) is 6.90. The number of nitrogens with zero attached hydrogens (tertiary/aromatic N) is 1. The van der Waals surface area contributed by atoms with Crippen molar-refractivity contribution in [2.75, 3.05) is 39.7 Å². The summed E-state index contributed by atoms with van der Waals surface area (Å²) in [6, 6.07) is 6.44. The summed E-state index contributed by atoms with van der Waals surface area (Å²) in [7, 11) is 5.58. The smallest absolute Gasteiger partial charge is 0.142 e. The second-order valence-electron chi connectivity index (χ2n) is 5.08. The third-order valence-electron chi connectivity index (χ3n) is 3.86. The molecule has 0 bridgehead atoms. The number of hydrogen-bond donors (Lipinski definition) is 1. The third-order valence-corrected chi connectivity index (χ3v) is 3.86. The summed E-state index contributed by atoms with van der Waals surface area (Å²) < 4.78 is 10.6. The van der Waals surface area contributed by atoms with Crippen LogP contribution in [0.1, 0.15) is 19.3 Å². The summed E-state index contributed by atoms with van der Waals surface area (Å²) in [6.07, 6.45) is 3.90. The molecule has 4 heteroatoms. The Kier molecular flexibility index (Phi) is 4.91. The zero-order chi connectivity index (χ0) is 13.7. The lowest BCUT2D eigenvalue weighted by molar-refractivity contribution is 0.194. The number of piperidine rings is 1. The van der Waals surface area contributed by atoms with Crippen molar-refractivity contribution in [3.05, 3.63) is 18.2 Å². The Bertz CT molecular complexity index is 409. The fraction of sp³-hybridized carbons (Fsp3) is 0.600. The van der Waals surface area contributed by atoms with E-state index in [2.05, 4.69) is 17.3 Å². The monoisotopic (exact) mass is 264 g/mol. The fourth-order valence-corrected chi connectivity index (χ4v) is 2.58. The zero-order valence-corrected chi connectivity index (χ0v) is 12.1. The van der Waals surface area contributed by atoms with Crippen LogP contribution in [-0.2, 0) is 0 Å². The van der Waals surface area contributed by atoms with Crippen molar-refractivity contribution in [3.8, 4) is 11.5 Å². The molecule has 106 valence electrons. The van der Waals surface area contributed by atoms with Gasteiger partial charge in [-0.25, -0.2) is 0 Å². The highest BCUT2D eigenvalue weighted by Gasteiger charge is 2.18. The van der Waals surface area contributed by atoms with E-state index >= 15 is 0 Å². The largest absolute Gasteiger partial charge is 0.497 e. The van der Waals surface area contributed by atoms with Gasteiger partial charge in [-0.3, -0.25) is 0 Å². The van der Waals surface area contributed by atoms with Crippen molar-refractivity contribution < 1.29 is 9.47 Å². The van der Waals surface area contributed by atoms with Crippen LogP contribution in [0.15, 0.2) is 18.2 Å². The average Bonchev–Trinajstić information content (AvgIpc) is 2.46. The number of nitrogens with one attached hydrogen (secondary N) is 1. The Morgan fingerprint density at radius 3 is 2.79 bits per heavy atom. The molecule has 1 N–H and O–H groups in total. The molecule has 1 aliphatic heterocycles. The maximum Gasteiger partial charge on any atom is 0.142 e. The van der Waals surface area contributed by atoms with Gasteiger partial charge in [-0.15, -0.1) is 0 Å². The number of ether oxygens (including phenoxy) is 2. The van der Waals surface area contributed by atoms with Crippen LogP contribution in [0.5, 0.6) is 11.5 Å². The zero-order valence-electron chi connectivity index (χ0n) is 12.1. The van der Waals surface area contributed by atoms with Gasteiger partial charge in [0.1, 0.15) is 11.5 Å². The maximum absolute atomic E-state index is 5.38. The van der Waals surface area contributed by atoms with E-state index < -0.39 is 0 Å². The molecule has 1 atom stereocenters. The van der Waals surface area contributed by atoms with Crippen molar-refractivity contribution in [2.45, 2.75) is 25.3 Å². The van der Waals surface area contributed by atoms with Crippen LogP contribution in [-0.4, -0.2) is 45.3 Å². The molecule has 0 spiro atoms. The molecule has 1 heterocycles. The number of rotatable bonds is 5. The molecule has 19 heavy (non-hydrogen) atoms. The lowest BCUT2D eigenvalue weighted by Crippen LogP contribution is -2.40. The van der Waals surface area contributed by atoms with Gasteiger partial charge in [0.15, 0.2) is 0 Å². The Morgan fingerprint density at radius 1 is 1.26 bits per heavy atom. The predicted molar refractivity (Wildman–Crippen MR) is 78.3 cm³/mol. The lowest BCUT2D eigenvalue weighted by atomic mass is 10.0. The van der Waals surface area contributed by atoms with Crippen molar-refractivity contribution in [1.29, 1.82) is 0 Å². The highest BCUT2D eigenvalue weighted by Crippen LogP contribution is 2.29. The van der Waals surface area contributed by atoms with Crippen LogP contribution >= 0.6 is 0 Å². The maximum atomic E-state index is 5.38. The molecule has 0 saturated carbocycles. The van der Waals surface area contributed by atoms with Crippen LogP contribution in [0.4, 0.5) is 5.69 Å². The molecule has 0 aliphatic carbocycles. The predicted octanol–water partition coefficient (Wildman–Crippen LogP) is 2.60. The number of likely N-dealkylation sites (N-methyl/N-ethyl adjacent to an activating group) is 1. The average molecular weight is 264 g/mol. The lowest BCUT2D eigenvalue weighted by Gasteiger charge is -2.32. The molecule has 1 aliphatic rings. The Hall–Kier alpha value is -1.42. The minimum absolute atomic E-state index is 0.602. The number of methoxy groups -OCH3 is 2. The van der Waals surface area contributed by atoms with Gasteiger partial charge in [0.25, 0.3) is 0 Å². The molecule has 4 nitrogen and oxygen atoms in total. The van der Waals surface area contributed by atoms with E-state index in [1.807, 2.05) is 18.2 Å². The van der Waals surface area contributed by atoms with Crippen LogP contribution in [0.2, 0.25) is 0 Å². The van der Waals surface area contributed by atoms with Gasteiger partial charge in [-0.2, -0.15) is 0 Å². The summed E-state index contributed by atoms with van der Waals surface area (Å²) in [5.41, 5.74) is 1.00. The van der Waals surface area contributed by atoms with Crippen LogP contribution in [0.3, 0.4) is 0 Å². The first-order valence-electron chi connectivity index (χ1n) is 6.90. The summed E-state index contributed by atoms with van der Waals surface area (Å²) in [4.78, 5) is 2.43. The number of anilines is 1. The Labute approximate surface area is 115 Å². The van der Waals surface area contributed by atoms with Gasteiger partial charge in [-0.05, 0) is 38.6 Å². The van der Waals surface area contributed by atoms with Crippen molar-refractivity contribution in [3.63, 3.8) is 0 Å². The SMILES string of the molecule is COc1ccc(OC)c(NCC2CCCCN2C)c1. The van der Waals surface area contributed by atoms with Crippen molar-refractivity contribution >= 4 is 5.69 Å². The summed E-state index contributed by atoms with van der Waals surface area (Å²) >= 11 is 0. The van der Waals surface area contributed by atoms with E-state index in [0.717, 1.165) is 23.7 Å². The first kappa shape index (κ1) is 14.0. The summed E-state index contributed by atoms with van der Waals surface area (Å²) in [5, 5.41) is 3.49. The van der Waals surface area contributed by atoms with E-state index in [9.17, 15) is 0 Å². The van der Waals surface area contributed by atoms with Crippen LogP contribution in [0.25, 0.3) is 0 Å². The highest BCUT2D eigenvalue weighted by molar-refractivity contribution is 5.59. The van der Waals surface area contributed by atoms with E-state index in [1.165, 1.54) is 25.8 Å². The number of likely N-dealkylation sites (tertiary alicyclic amines) is 1. The standard InChI is InChI=1S/C15H24N2O2/c1-17-9-5-4-6-12(17)11-16-14-10-13(18-2)7-8-15(14)19-3/h7-8,10,12,16H,4-6,9,11H2,1-3H3. The van der Waals surface area contributed by atoms with Gasteiger partial charge in [-0.1, -0.05) is 6.42 Å². The van der Waals surface area contributed by atoms with Gasteiger partial charge >= 0.3 is 0 Å². The van der Waals surface area contributed by atoms with E-state index in [4.69, 9.17) is 9.47 Å². The van der Waals surface area contributed by atoms with Gasteiger partial charge in [0, 0.05) is 18.7 Å². The molecule has 1 unspecified atom stereocenters. The van der Waals surface area contributed by atoms with Gasteiger partial charge in [0.2, 0.25) is 0 Å². The van der Waals surface area contributed by atoms with Crippen molar-refractivity contribution in [1.82, 2.24) is 4.90 Å². The van der Waals surface area contributed by atoms with Gasteiger partial charge in [0.05, 0.1) is 19.9 Å². The van der Waals surface area contributed by atoms with Crippen LogP contribution in [0, 0.1) is 0 Å². The molecular formula is C15H24N2O2. The van der Waals surface area contributed by atoms with E-state index in [0.29, 0.717) is 6.04 Å². The molecule has 1 aromatic rings. The van der Waals surface area contributed by atoms with Gasteiger partial charge < -0.3 is 19.7 Å². The molecular weight excluding hydrogens is 240 g/mol. The second kappa shape index (κ2) is 6.66. The fourth-order valence-electron chi connectivity index (χ4n) is 2.58. The highest BCUT2D eigenvalue weighted by atomic mass is 16.5. The molecule has 0 amide bonds. The number of hydrogen-bond acceptors (Lipinski definition) is 4. The van der Waals surface area contributed by atoms with E-state index in [1.54, 1.807) is 14.2 Å². The molecule has 0 radical (unpaired) electrons. The topological polar surface area (TPSA) is 33.7 Å². The normalized spacial score (nSPS) is 20.1. The molecule has 0 aromatic heterocycles. The third kappa shape index (κ3) is 3.53. The van der Waals surface area contributed by atoms with Crippen molar-refractivity contribution in [2.24, 2.45) is 0 Å². The molecule has 1 aromatic carbocycles. The molecule has 1 saturated heterocycles. The molecule has 1 fully saturated rings. The Morgan fingerprint density at radius 2 is 2.11 bits per heavy atom. The molecule has 2 rings (SSSR count). The summed E-state index contributed by atoms with van der Waals surface area (Å²) in [6.45, 7) is 2.14. The first-order chi connectivity index (χ1) is 9.24. The quantitative estimate of drug-likeness (QED) is 0.886.